The van der Waals surface area contributed by atoms with Crippen LogP contribution in [0, 0.1) is 6.92 Å². The van der Waals surface area contributed by atoms with Gasteiger partial charge in [-0.05, 0) is 0 Å². The number of rotatable bonds is 34. The molecule has 0 saturated carbocycles. The predicted molar refractivity (Wildman–Crippen MR) is 241 cm³/mol. The number of benzene rings is 1. The van der Waals surface area contributed by atoms with Gasteiger partial charge in [0.25, 0.3) is 0 Å². The fourth-order valence-electron chi connectivity index (χ4n) is 8.19. The quantitative estimate of drug-likeness (QED) is 0.0440. The van der Waals surface area contributed by atoms with Crippen molar-refractivity contribution in [1.29, 1.82) is 0 Å². The molecule has 0 fully saturated rings. The van der Waals surface area contributed by atoms with Gasteiger partial charge in [-0.25, -0.2) is 0 Å². The molecule has 0 unspecified atom stereocenters. The van der Waals surface area contributed by atoms with E-state index in [4.69, 9.17) is 9.47 Å². The van der Waals surface area contributed by atoms with Crippen LogP contribution in [-0.4, -0.2) is 31.6 Å². The van der Waals surface area contributed by atoms with Gasteiger partial charge in [0.1, 0.15) is 0 Å². The molecular formula is C47H82O2S2Sn. The molecule has 0 aliphatic rings. The molecule has 0 aliphatic carbocycles. The van der Waals surface area contributed by atoms with Crippen molar-refractivity contribution < 1.29 is 9.47 Å². The second-order valence-corrected chi connectivity index (χ2v) is 32.7. The molecule has 2 aromatic heterocycles. The molecule has 0 spiro atoms. The number of fused-ring (bicyclic) bond motifs is 3. The van der Waals surface area contributed by atoms with Crippen LogP contribution in [0.15, 0.2) is 12.1 Å². The summed E-state index contributed by atoms with van der Waals surface area (Å²) < 4.78 is 23.2. The first-order valence-electron chi connectivity index (χ1n) is 22.8. The topological polar surface area (TPSA) is 18.5 Å². The summed E-state index contributed by atoms with van der Waals surface area (Å²) in [4.78, 5) is 1.39. The minimum atomic E-state index is -2.61. The van der Waals surface area contributed by atoms with Crippen molar-refractivity contribution in [2.24, 2.45) is 0 Å². The van der Waals surface area contributed by atoms with Crippen molar-refractivity contribution in [3.05, 3.63) is 17.0 Å². The Labute approximate surface area is 334 Å². The Bertz CT molecular complexity index is 1300. The summed E-state index contributed by atoms with van der Waals surface area (Å²) in [5.74, 6) is 2.13. The molecule has 2 heterocycles. The van der Waals surface area contributed by atoms with Gasteiger partial charge >= 0.3 is 265 Å². The van der Waals surface area contributed by atoms with Gasteiger partial charge in [-0.15, -0.1) is 0 Å². The zero-order valence-corrected chi connectivity index (χ0v) is 39.7. The summed E-state index contributed by atoms with van der Waals surface area (Å²) in [6.07, 6.45) is 35.2. The Morgan fingerprint density at radius 2 is 0.769 bits per heavy atom. The number of hydrogen-bond acceptors (Lipinski definition) is 4. The van der Waals surface area contributed by atoms with Crippen LogP contribution in [0.25, 0.3) is 20.2 Å². The Hall–Kier alpha value is -0.461. The van der Waals surface area contributed by atoms with E-state index >= 15 is 0 Å². The van der Waals surface area contributed by atoms with Crippen LogP contribution in [0.3, 0.4) is 0 Å². The first-order chi connectivity index (χ1) is 25.5. The average molecular weight is 862 g/mol. The molecule has 298 valence electrons. The van der Waals surface area contributed by atoms with Crippen molar-refractivity contribution in [2.75, 3.05) is 13.2 Å². The van der Waals surface area contributed by atoms with Crippen LogP contribution in [0.5, 0.6) is 11.5 Å². The van der Waals surface area contributed by atoms with E-state index in [-0.39, 0.29) is 0 Å². The number of ether oxygens (including phenoxy) is 2. The molecule has 0 aliphatic heterocycles. The van der Waals surface area contributed by atoms with Gasteiger partial charge in [0.15, 0.2) is 0 Å². The third kappa shape index (κ3) is 15.6. The van der Waals surface area contributed by atoms with Crippen molar-refractivity contribution in [2.45, 2.75) is 222 Å². The van der Waals surface area contributed by atoms with E-state index in [9.17, 15) is 0 Å². The first-order valence-corrected chi connectivity index (χ1v) is 31.9. The fourth-order valence-corrected chi connectivity index (χ4v) is 29.6. The van der Waals surface area contributed by atoms with E-state index in [1.807, 2.05) is 14.2 Å². The molecule has 3 rings (SSSR count). The van der Waals surface area contributed by atoms with Crippen LogP contribution in [0.4, 0.5) is 0 Å². The van der Waals surface area contributed by atoms with Crippen LogP contribution in [0.2, 0.25) is 13.3 Å². The fraction of sp³-hybridized carbons (Fsp3) is 0.787. The van der Waals surface area contributed by atoms with E-state index in [1.165, 1.54) is 192 Å². The van der Waals surface area contributed by atoms with Gasteiger partial charge in [0.2, 0.25) is 0 Å². The number of hydrogen-bond donors (Lipinski definition) is 0. The van der Waals surface area contributed by atoms with E-state index in [0.29, 0.717) is 0 Å². The molecule has 0 saturated heterocycles. The summed E-state index contributed by atoms with van der Waals surface area (Å²) in [7, 11) is 0. The summed E-state index contributed by atoms with van der Waals surface area (Å²) in [6.45, 7) is 15.7. The SMILES string of the molecule is CCCCCCCCCCCCOc1c(OCCCCCCCCCCCC)c2c[c]([Sn]([CH2]CCC)([CH2]CCC)[CH2]CCC)sc2c2sc(C)cc12. The van der Waals surface area contributed by atoms with Crippen molar-refractivity contribution in [1.82, 2.24) is 0 Å². The Kier molecular flexibility index (Phi) is 24.7. The Morgan fingerprint density at radius 1 is 0.423 bits per heavy atom. The summed E-state index contributed by atoms with van der Waals surface area (Å²) in [5, 5.41) is 2.69. The third-order valence-corrected chi connectivity index (χ3v) is 32.1. The van der Waals surface area contributed by atoms with E-state index in [0.717, 1.165) is 37.6 Å². The zero-order chi connectivity index (χ0) is 37.3. The summed E-state index contributed by atoms with van der Waals surface area (Å²) >= 11 is 1.57. The van der Waals surface area contributed by atoms with Crippen molar-refractivity contribution in [3.63, 3.8) is 0 Å². The number of aryl methyl sites for hydroxylation is 1. The molecule has 5 heteroatoms. The molecule has 1 aromatic carbocycles. The predicted octanol–water partition coefficient (Wildman–Crippen LogP) is 17.1. The van der Waals surface area contributed by atoms with E-state index in [1.54, 1.807) is 0 Å². The molecular weight excluding hydrogens is 779 g/mol. The normalized spacial score (nSPS) is 12.1. The molecule has 3 aromatic rings. The summed E-state index contributed by atoms with van der Waals surface area (Å²) in [5.41, 5.74) is 0. The maximum absolute atomic E-state index is 6.97. The molecule has 0 bridgehead atoms. The standard InChI is InChI=1S/C35H55O2S2.3C4H9.Sn/c1-4-6-8-10-12-14-16-18-20-22-25-36-32-30-24-27-38-34(30)35-31(28-29(3)39-35)33(32)37-26-23-21-19-17-15-13-11-9-7-5-2;3*1-3-4-2;/h24,28H,4-23,25-26H2,1-3H3;3*1,3-4H2,2H3;. The second kappa shape index (κ2) is 28.0. The van der Waals surface area contributed by atoms with Crippen LogP contribution < -0.4 is 12.4 Å². The third-order valence-electron chi connectivity index (χ3n) is 11.5. The number of unbranched alkanes of at least 4 members (excludes halogenated alkanes) is 21. The second-order valence-electron chi connectivity index (χ2n) is 16.3. The van der Waals surface area contributed by atoms with Gasteiger partial charge in [0.05, 0.1) is 0 Å². The van der Waals surface area contributed by atoms with Crippen LogP contribution in [-0.2, 0) is 0 Å². The zero-order valence-electron chi connectivity index (χ0n) is 35.2. The van der Waals surface area contributed by atoms with Crippen molar-refractivity contribution in [3.8, 4) is 11.5 Å². The van der Waals surface area contributed by atoms with Gasteiger partial charge < -0.3 is 0 Å². The van der Waals surface area contributed by atoms with Gasteiger partial charge in [-0.3, -0.25) is 0 Å². The van der Waals surface area contributed by atoms with Gasteiger partial charge in [0, 0.05) is 0 Å². The summed E-state index contributed by atoms with van der Waals surface area (Å²) in [6, 6.07) is 5.09. The Balaban J connectivity index is 1.83. The average Bonchev–Trinajstić information content (AvgIpc) is 3.77. The number of thiophene rings is 2. The van der Waals surface area contributed by atoms with E-state index < -0.39 is 18.4 Å². The molecule has 52 heavy (non-hydrogen) atoms. The molecule has 0 amide bonds. The molecule has 0 N–H and O–H groups in total. The maximum atomic E-state index is 6.97. The van der Waals surface area contributed by atoms with E-state index in [2.05, 4.69) is 65.0 Å². The monoisotopic (exact) mass is 862 g/mol. The van der Waals surface area contributed by atoms with Crippen molar-refractivity contribution >= 4 is 64.1 Å². The minimum absolute atomic E-state index is 0.796. The Morgan fingerprint density at radius 3 is 1.17 bits per heavy atom. The molecule has 0 radical (unpaired) electrons. The van der Waals surface area contributed by atoms with Crippen LogP contribution >= 0.6 is 22.7 Å². The molecule has 2 nitrogen and oxygen atoms in total. The first kappa shape index (κ1) is 45.9. The molecule has 0 atom stereocenters. The van der Waals surface area contributed by atoms with Gasteiger partial charge in [-0.1, -0.05) is 71.6 Å². The van der Waals surface area contributed by atoms with Gasteiger partial charge in [-0.2, -0.15) is 0 Å². The van der Waals surface area contributed by atoms with Crippen LogP contribution in [0.1, 0.15) is 206 Å².